The number of pyridine rings is 2. The van der Waals surface area contributed by atoms with E-state index in [0.29, 0.717) is 105 Å². The van der Waals surface area contributed by atoms with E-state index < -0.39 is 46.6 Å². The summed E-state index contributed by atoms with van der Waals surface area (Å²) in [6.07, 6.45) is 4.10. The maximum absolute atomic E-state index is 13.2. The number of amides is 1. The zero-order valence-electron chi connectivity index (χ0n) is 51.6. The fourth-order valence-electron chi connectivity index (χ4n) is 9.14. The van der Waals surface area contributed by atoms with Crippen molar-refractivity contribution in [1.82, 2.24) is 49.2 Å². The number of carboxylic acid groups (broad SMARTS) is 1. The van der Waals surface area contributed by atoms with E-state index in [1.54, 1.807) is 85.4 Å². The molecule has 1 unspecified atom stereocenters. The number of nitrogens with one attached hydrogen (secondary N) is 1. The molecule has 4 fully saturated rings. The van der Waals surface area contributed by atoms with Crippen LogP contribution < -0.4 is 16.8 Å². The molecule has 7 N–H and O–H groups in total. The lowest BCUT2D eigenvalue weighted by atomic mass is 10.1. The standard InChI is InChI=1S/C20H16FN5O2.C12H10FN3O3.C12H12FN3O.C8H9N3O3.C8H6N2O2.C4H5FO2/c1-11-5-6-12(18-24-20(28-25-18)13-9-14(13)21)8-15(11)23-19(27)16-10-22-17-4-2-3-7-26(16)17;1-6-2-3-7(4-10(6)16(17)18)11-14-12(19-15-11)8-5-9(8)13;1-6-2-3-7(4-10(6)14)11-15-12(17-16-11)8-5-9(8)13;1-5-2-3-6(8(9)10-12)4-7(5)11(13)14;11-8(12)6-5-9-7-3-1-2-4-10(6)7;5-3-1-4(3)7-2-6/h2-8,10,13-14H,9H2,1H3,(H,23,27);2-4,8-9H,5H2,1H3;2-4,8-9H,5,14H2,1H3;2-4,12H,1H3,(H2,9,10);1-5H,(H,11,12);2-4H,1H2/t13?,14-;2*8-,9-;;;3-,4-/m000..0/s1. The predicted molar refractivity (Wildman–Crippen MR) is 337 cm³/mol. The number of aromatic nitrogens is 10. The van der Waals surface area contributed by atoms with Crippen molar-refractivity contribution in [2.45, 2.75) is 102 Å². The lowest BCUT2D eigenvalue weighted by Gasteiger charge is -2.09. The molecule has 0 bridgehead atoms. The lowest BCUT2D eigenvalue weighted by molar-refractivity contribution is -0.385. The molecule has 500 valence electrons. The molecule has 4 aliphatic carbocycles. The van der Waals surface area contributed by atoms with Crippen molar-refractivity contribution in [3.63, 3.8) is 0 Å². The van der Waals surface area contributed by atoms with E-state index in [1.165, 1.54) is 22.7 Å². The average Bonchev–Trinajstić information content (AvgIpc) is 1.67. The van der Waals surface area contributed by atoms with Gasteiger partial charge in [-0.15, -0.1) is 0 Å². The Morgan fingerprint density at radius 1 is 0.629 bits per heavy atom. The molecule has 4 saturated carbocycles. The fraction of sp³-hybridized carbons (Fsp3) is 0.250. The fourth-order valence-corrected chi connectivity index (χ4v) is 9.14. The van der Waals surface area contributed by atoms with Crippen LogP contribution in [0.3, 0.4) is 0 Å². The van der Waals surface area contributed by atoms with Crippen molar-refractivity contribution >= 4 is 58.2 Å². The van der Waals surface area contributed by atoms with Crippen LogP contribution in [0, 0.1) is 47.9 Å². The lowest BCUT2D eigenvalue weighted by Crippen LogP contribution is -2.15. The number of halogens is 4. The van der Waals surface area contributed by atoms with Gasteiger partial charge in [0, 0.05) is 75.7 Å². The Bertz CT molecular complexity index is 4750. The third-order valence-electron chi connectivity index (χ3n) is 15.3. The van der Waals surface area contributed by atoms with Crippen molar-refractivity contribution < 1.29 is 70.4 Å². The van der Waals surface area contributed by atoms with Crippen LogP contribution in [0.4, 0.5) is 40.3 Å². The maximum atomic E-state index is 13.2. The van der Waals surface area contributed by atoms with E-state index in [2.05, 4.69) is 55.6 Å². The van der Waals surface area contributed by atoms with Gasteiger partial charge in [-0.1, -0.05) is 81.3 Å². The number of fused-ring (bicyclic) bond motifs is 2. The van der Waals surface area contributed by atoms with E-state index in [9.17, 15) is 52.2 Å². The number of nitrogen functional groups attached to an aromatic ring is 1. The number of nitro groups is 2. The summed E-state index contributed by atoms with van der Waals surface area (Å²) in [5.41, 5.74) is 19.6. The monoisotopic (exact) mass is 1330 g/mol. The number of hydrogen-bond donors (Lipinski definition) is 5. The molecule has 15 rings (SSSR count). The summed E-state index contributed by atoms with van der Waals surface area (Å²) in [6.45, 7) is 7.38. The van der Waals surface area contributed by atoms with Gasteiger partial charge in [-0.3, -0.25) is 38.6 Å². The zero-order chi connectivity index (χ0) is 69.4. The van der Waals surface area contributed by atoms with Crippen LogP contribution in [0.2, 0.25) is 0 Å². The van der Waals surface area contributed by atoms with Gasteiger partial charge in [0.2, 0.25) is 35.1 Å². The highest BCUT2D eigenvalue weighted by molar-refractivity contribution is 6.04. The second-order valence-electron chi connectivity index (χ2n) is 22.5. The quantitative estimate of drug-likeness (QED) is 0.00986. The Hall–Kier alpha value is -12.3. The third-order valence-corrected chi connectivity index (χ3v) is 15.3. The Balaban J connectivity index is 0.000000132. The third kappa shape index (κ3) is 16.5. The Kier molecular flexibility index (Phi) is 20.4. The van der Waals surface area contributed by atoms with Crippen LogP contribution in [0.15, 0.2) is 153 Å². The Labute approximate surface area is 545 Å². The number of imidazole rings is 2. The first-order chi connectivity index (χ1) is 46.5. The van der Waals surface area contributed by atoms with Gasteiger partial charge < -0.3 is 45.4 Å². The van der Waals surface area contributed by atoms with Crippen molar-refractivity contribution in [2.75, 3.05) is 11.1 Å². The van der Waals surface area contributed by atoms with Gasteiger partial charge in [0.15, 0.2) is 11.5 Å². The normalized spacial score (nSPS) is 19.1. The Morgan fingerprint density at radius 3 is 1.49 bits per heavy atom. The van der Waals surface area contributed by atoms with Crippen molar-refractivity contribution in [2.24, 2.45) is 10.9 Å². The van der Waals surface area contributed by atoms with Crippen LogP contribution in [0.1, 0.15) is 110 Å². The molecule has 97 heavy (non-hydrogen) atoms. The van der Waals surface area contributed by atoms with Crippen LogP contribution >= 0.6 is 0 Å². The summed E-state index contributed by atoms with van der Waals surface area (Å²) in [7, 11) is 0. The SMILES string of the molecule is Cc1ccc(-c2noc(C3C[C@@H]3F)n2)cc1NC(=O)c1cnc2ccccn12.Cc1ccc(-c2noc([C@H]3C[C@@H]3F)n2)cc1N.Cc1ccc(-c2noc([C@H]3C[C@@H]3F)n2)cc1[N+](=O)[O-].Cc1ccc(/C(N)=N/O)cc1[N+](=O)[O-].O=C(O)c1cnc2ccccn12.O=CO[C@H]1C[C@@H]1F. The van der Waals surface area contributed by atoms with E-state index in [4.69, 9.17) is 35.4 Å². The number of nitrogens with two attached hydrogens (primary N) is 2. The molecule has 7 aromatic heterocycles. The second kappa shape index (κ2) is 29.3. The van der Waals surface area contributed by atoms with Gasteiger partial charge in [0.25, 0.3) is 23.8 Å². The van der Waals surface area contributed by atoms with Gasteiger partial charge in [0.1, 0.15) is 47.8 Å². The van der Waals surface area contributed by atoms with Crippen LogP contribution in [-0.4, -0.2) is 124 Å². The first-order valence-electron chi connectivity index (χ1n) is 29.5. The number of hydrogen-bond acceptors (Lipinski definition) is 22. The first-order valence-corrected chi connectivity index (χ1v) is 29.5. The number of oxime groups is 1. The van der Waals surface area contributed by atoms with Crippen molar-refractivity contribution in [3.8, 4) is 34.2 Å². The summed E-state index contributed by atoms with van der Waals surface area (Å²) >= 11 is 0. The Morgan fingerprint density at radius 2 is 1.06 bits per heavy atom. The minimum Gasteiger partial charge on any atom is -0.477 e. The average molecular weight is 1340 g/mol. The molecule has 0 spiro atoms. The highest BCUT2D eigenvalue weighted by Crippen LogP contribution is 2.45. The predicted octanol–water partition coefficient (Wildman–Crippen LogP) is 11.3. The highest BCUT2D eigenvalue weighted by Gasteiger charge is 2.45. The number of nitro benzene ring substituents is 2. The smallest absolute Gasteiger partial charge is 0.354 e. The number of amidine groups is 1. The number of benzene rings is 4. The summed E-state index contributed by atoms with van der Waals surface area (Å²) in [5.74, 6) is -0.159. The van der Waals surface area contributed by atoms with Gasteiger partial charge >= 0.3 is 5.97 Å². The molecule has 0 saturated heterocycles. The van der Waals surface area contributed by atoms with Crippen LogP contribution in [-0.2, 0) is 9.53 Å². The number of carboxylic acids is 1. The van der Waals surface area contributed by atoms with E-state index in [0.717, 1.165) is 16.7 Å². The first kappa shape index (κ1) is 67.6. The van der Waals surface area contributed by atoms with E-state index in [1.807, 2.05) is 62.4 Å². The number of ether oxygens (including phenoxy) is 1. The summed E-state index contributed by atoms with van der Waals surface area (Å²) in [4.78, 5) is 74.0. The van der Waals surface area contributed by atoms with E-state index in [-0.39, 0.29) is 64.8 Å². The summed E-state index contributed by atoms with van der Waals surface area (Å²) in [6, 6.07) is 31.0. The number of nitrogens with zero attached hydrogens (tertiary/aromatic N) is 13. The maximum Gasteiger partial charge on any atom is 0.354 e. The number of aromatic carboxylic acids is 1. The minimum atomic E-state index is -0.964. The topological polar surface area (TPSA) is 415 Å². The molecule has 0 radical (unpaired) electrons. The molecule has 0 aliphatic heterocycles. The molecule has 11 aromatic rings. The number of aryl methyl sites for hydroxylation is 4. The molecule has 1 amide bonds. The van der Waals surface area contributed by atoms with Crippen LogP contribution in [0.25, 0.3) is 45.5 Å². The number of anilines is 2. The molecule has 4 aromatic carbocycles. The second-order valence-corrected chi connectivity index (χ2v) is 22.5. The number of carbonyl (C=O) groups is 3. The van der Waals surface area contributed by atoms with Crippen molar-refractivity contribution in [3.05, 3.63) is 211 Å². The molecule has 7 heterocycles. The number of rotatable bonds is 14. The van der Waals surface area contributed by atoms with Gasteiger partial charge in [0.05, 0.1) is 40.0 Å². The van der Waals surface area contributed by atoms with Gasteiger partial charge in [-0.05, 0) is 94.5 Å². The highest BCUT2D eigenvalue weighted by atomic mass is 19.1. The van der Waals surface area contributed by atoms with Crippen molar-refractivity contribution in [1.29, 1.82) is 0 Å². The molecule has 4 aliphatic rings. The summed E-state index contributed by atoms with van der Waals surface area (Å²) in [5, 5.41) is 55.7. The molecular formula is C64H58F4N16O13. The molecular weight excluding hydrogens is 1280 g/mol. The van der Waals surface area contributed by atoms with Crippen LogP contribution in [0.5, 0.6) is 0 Å². The molecule has 8 atom stereocenters. The van der Waals surface area contributed by atoms with E-state index >= 15 is 0 Å². The van der Waals surface area contributed by atoms with Gasteiger partial charge in [-0.25, -0.2) is 32.3 Å². The van der Waals surface area contributed by atoms with Gasteiger partial charge in [-0.2, -0.15) is 15.0 Å². The zero-order valence-corrected chi connectivity index (χ0v) is 51.6. The molecule has 33 heteroatoms. The number of alkyl halides is 4. The molecule has 29 nitrogen and oxygen atoms in total. The minimum absolute atomic E-state index is 0.00126. The largest absolute Gasteiger partial charge is 0.477 e. The summed E-state index contributed by atoms with van der Waals surface area (Å²) < 4.78 is 73.2. The number of carbonyl (C=O) groups excluding carboxylic acids is 2.